The van der Waals surface area contributed by atoms with Gasteiger partial charge < -0.3 is 9.47 Å². The molecule has 0 aromatic heterocycles. The van der Waals surface area contributed by atoms with Crippen molar-refractivity contribution in [2.75, 3.05) is 13.2 Å². The lowest BCUT2D eigenvalue weighted by Gasteiger charge is -2.11. The van der Waals surface area contributed by atoms with Crippen molar-refractivity contribution < 1.29 is 19.1 Å². The van der Waals surface area contributed by atoms with Crippen LogP contribution >= 0.6 is 0 Å². The lowest BCUT2D eigenvalue weighted by molar-refractivity contribution is -0.148. The van der Waals surface area contributed by atoms with Gasteiger partial charge in [-0.25, -0.2) is 0 Å². The lowest BCUT2D eigenvalue weighted by Crippen LogP contribution is -2.15. The van der Waals surface area contributed by atoms with Crippen LogP contribution in [-0.2, 0) is 19.1 Å². The first-order valence-electron chi connectivity index (χ1n) is 11.6. The largest absolute Gasteiger partial charge is 0.466 e. The second-order valence-corrected chi connectivity index (χ2v) is 9.02. The normalized spacial score (nSPS) is 12.4. The van der Waals surface area contributed by atoms with Gasteiger partial charge in [0.25, 0.3) is 0 Å². The third kappa shape index (κ3) is 18.3. The van der Waals surface area contributed by atoms with E-state index in [1.54, 1.807) is 0 Å². The number of hydrogen-bond donors (Lipinski definition) is 0. The van der Waals surface area contributed by atoms with Crippen molar-refractivity contribution in [1.29, 1.82) is 0 Å². The highest BCUT2D eigenvalue weighted by molar-refractivity contribution is 5.72. The first-order valence-corrected chi connectivity index (χ1v) is 11.6. The van der Waals surface area contributed by atoms with Crippen LogP contribution in [-0.4, -0.2) is 25.2 Å². The molecule has 0 saturated carbocycles. The van der Waals surface area contributed by atoms with Gasteiger partial charge >= 0.3 is 11.9 Å². The minimum Gasteiger partial charge on any atom is -0.466 e. The smallest absolute Gasteiger partial charge is 0.308 e. The van der Waals surface area contributed by atoms with Crippen molar-refractivity contribution in [3.05, 3.63) is 0 Å². The van der Waals surface area contributed by atoms with Crippen LogP contribution in [0.3, 0.4) is 0 Å². The minimum absolute atomic E-state index is 0.0901. The van der Waals surface area contributed by atoms with Crippen LogP contribution in [0.25, 0.3) is 0 Å². The molecule has 0 fully saturated rings. The van der Waals surface area contributed by atoms with Gasteiger partial charge in [-0.1, -0.05) is 79.6 Å². The molecule has 1 atom stereocenters. The first kappa shape index (κ1) is 26.9. The number of hydrogen-bond acceptors (Lipinski definition) is 4. The van der Waals surface area contributed by atoms with E-state index in [4.69, 9.17) is 9.47 Å². The van der Waals surface area contributed by atoms with E-state index in [1.165, 1.54) is 25.7 Å². The fourth-order valence-electron chi connectivity index (χ4n) is 3.07. The van der Waals surface area contributed by atoms with E-state index in [-0.39, 0.29) is 17.9 Å². The summed E-state index contributed by atoms with van der Waals surface area (Å²) in [5.41, 5.74) is 0. The van der Waals surface area contributed by atoms with Crippen molar-refractivity contribution in [3.63, 3.8) is 0 Å². The molecule has 0 spiro atoms. The lowest BCUT2D eigenvalue weighted by atomic mass is 10.0. The monoisotopic (exact) mass is 398 g/mol. The molecule has 166 valence electrons. The Bertz CT molecular complexity index is 390. The summed E-state index contributed by atoms with van der Waals surface area (Å²) in [7, 11) is 0. The van der Waals surface area contributed by atoms with Crippen LogP contribution in [0.15, 0.2) is 0 Å². The minimum atomic E-state index is -0.111. The van der Waals surface area contributed by atoms with Gasteiger partial charge in [-0.2, -0.15) is 0 Å². The van der Waals surface area contributed by atoms with Gasteiger partial charge in [0.05, 0.1) is 19.1 Å². The third-order valence-electron chi connectivity index (χ3n) is 5.03. The van der Waals surface area contributed by atoms with Crippen LogP contribution in [0, 0.1) is 17.8 Å². The molecule has 0 aromatic carbocycles. The summed E-state index contributed by atoms with van der Waals surface area (Å²) in [5, 5.41) is 0. The Morgan fingerprint density at radius 2 is 1.11 bits per heavy atom. The molecule has 0 radical (unpaired) electrons. The van der Waals surface area contributed by atoms with Crippen molar-refractivity contribution in [2.24, 2.45) is 17.8 Å². The predicted molar refractivity (Wildman–Crippen MR) is 116 cm³/mol. The highest BCUT2D eigenvalue weighted by Crippen LogP contribution is 2.13. The Labute approximate surface area is 174 Å². The van der Waals surface area contributed by atoms with Gasteiger partial charge in [-0.3, -0.25) is 9.59 Å². The van der Waals surface area contributed by atoms with Gasteiger partial charge in [-0.15, -0.1) is 0 Å². The molecule has 0 aromatic rings. The molecule has 0 aliphatic heterocycles. The van der Waals surface area contributed by atoms with Crippen molar-refractivity contribution >= 4 is 11.9 Å². The average Bonchev–Trinajstić information content (AvgIpc) is 2.63. The molecule has 0 rings (SSSR count). The Kier molecular flexibility index (Phi) is 17.3. The van der Waals surface area contributed by atoms with Crippen LogP contribution in [0.4, 0.5) is 0 Å². The maximum atomic E-state index is 12.0. The zero-order valence-corrected chi connectivity index (χ0v) is 19.3. The molecule has 0 amide bonds. The van der Waals surface area contributed by atoms with Gasteiger partial charge in [0.1, 0.15) is 0 Å². The SMILES string of the molecule is CC(C)CCCCCOC(=O)CCCCC(C)C(=O)OCCCCCC(C)C. The highest BCUT2D eigenvalue weighted by atomic mass is 16.5. The summed E-state index contributed by atoms with van der Waals surface area (Å²) in [6.45, 7) is 11.9. The maximum absolute atomic E-state index is 12.0. The first-order chi connectivity index (χ1) is 13.3. The molecule has 0 aliphatic carbocycles. The van der Waals surface area contributed by atoms with Gasteiger partial charge in [0.15, 0.2) is 0 Å². The number of carbonyl (C=O) groups is 2. The van der Waals surface area contributed by atoms with Crippen LogP contribution in [0.2, 0.25) is 0 Å². The van der Waals surface area contributed by atoms with Gasteiger partial charge in [-0.05, 0) is 37.5 Å². The predicted octanol–water partition coefficient (Wildman–Crippen LogP) is 6.70. The molecule has 1 unspecified atom stereocenters. The molecule has 0 saturated heterocycles. The van der Waals surface area contributed by atoms with E-state index in [9.17, 15) is 9.59 Å². The van der Waals surface area contributed by atoms with Crippen molar-refractivity contribution in [2.45, 2.75) is 112 Å². The Balaban J connectivity index is 3.52. The molecule has 4 heteroatoms. The Morgan fingerprint density at radius 3 is 1.64 bits per heavy atom. The number of esters is 2. The molecule has 0 heterocycles. The number of rotatable bonds is 18. The molecule has 0 aliphatic rings. The van der Waals surface area contributed by atoms with E-state index >= 15 is 0 Å². The van der Waals surface area contributed by atoms with Crippen LogP contribution in [0.1, 0.15) is 112 Å². The number of unbranched alkanes of at least 4 members (excludes halogenated alkanes) is 5. The summed E-state index contributed by atoms with van der Waals surface area (Å²) in [6, 6.07) is 0. The quantitative estimate of drug-likeness (QED) is 0.190. The number of ether oxygens (including phenoxy) is 2. The molecule has 0 N–H and O–H groups in total. The van der Waals surface area contributed by atoms with Gasteiger partial charge in [0, 0.05) is 6.42 Å². The molecule has 0 bridgehead atoms. The number of carbonyl (C=O) groups excluding carboxylic acids is 2. The zero-order chi connectivity index (χ0) is 21.2. The van der Waals surface area contributed by atoms with Crippen molar-refractivity contribution in [3.8, 4) is 0 Å². The summed E-state index contributed by atoms with van der Waals surface area (Å²) in [6.07, 6.45) is 11.9. The highest BCUT2D eigenvalue weighted by Gasteiger charge is 2.14. The molecular weight excluding hydrogens is 352 g/mol. The zero-order valence-electron chi connectivity index (χ0n) is 19.3. The standard InChI is InChI=1S/C24H46O4/c1-20(2)14-8-6-12-18-27-23(25)17-11-10-16-22(5)24(26)28-19-13-7-9-15-21(3)4/h20-22H,6-19H2,1-5H3. The fraction of sp³-hybridized carbons (Fsp3) is 0.917. The maximum Gasteiger partial charge on any atom is 0.308 e. The second kappa shape index (κ2) is 18.0. The molecule has 28 heavy (non-hydrogen) atoms. The van der Waals surface area contributed by atoms with Crippen LogP contribution in [0.5, 0.6) is 0 Å². The Morgan fingerprint density at radius 1 is 0.607 bits per heavy atom. The van der Waals surface area contributed by atoms with E-state index in [0.717, 1.165) is 56.8 Å². The average molecular weight is 399 g/mol. The van der Waals surface area contributed by atoms with E-state index < -0.39 is 0 Å². The van der Waals surface area contributed by atoms with E-state index in [2.05, 4.69) is 27.7 Å². The molecule has 4 nitrogen and oxygen atoms in total. The fourth-order valence-corrected chi connectivity index (χ4v) is 3.07. The second-order valence-electron chi connectivity index (χ2n) is 9.02. The topological polar surface area (TPSA) is 52.6 Å². The summed E-state index contributed by atoms with van der Waals surface area (Å²) >= 11 is 0. The van der Waals surface area contributed by atoms with E-state index in [0.29, 0.717) is 19.6 Å². The summed E-state index contributed by atoms with van der Waals surface area (Å²) in [5.74, 6) is 1.19. The summed E-state index contributed by atoms with van der Waals surface area (Å²) in [4.78, 5) is 23.7. The van der Waals surface area contributed by atoms with Gasteiger partial charge in [0.2, 0.25) is 0 Å². The van der Waals surface area contributed by atoms with Crippen molar-refractivity contribution in [1.82, 2.24) is 0 Å². The molecular formula is C24H46O4. The van der Waals surface area contributed by atoms with E-state index in [1.807, 2.05) is 6.92 Å². The third-order valence-corrected chi connectivity index (χ3v) is 5.03. The Hall–Kier alpha value is -1.06. The summed E-state index contributed by atoms with van der Waals surface area (Å²) < 4.78 is 10.6. The van der Waals surface area contributed by atoms with Crippen LogP contribution < -0.4 is 0 Å².